The van der Waals surface area contributed by atoms with Crippen LogP contribution in [0.15, 0.2) is 55.0 Å². The summed E-state index contributed by atoms with van der Waals surface area (Å²) in [5.74, 6) is 0.701. The van der Waals surface area contributed by atoms with Crippen LogP contribution in [0.25, 0.3) is 55.2 Å². The van der Waals surface area contributed by atoms with E-state index in [1.165, 1.54) is 4.88 Å². The second-order valence-corrected chi connectivity index (χ2v) is 9.96. The summed E-state index contributed by atoms with van der Waals surface area (Å²) in [6.45, 7) is 2.09. The molecule has 7 nitrogen and oxygen atoms in total. The van der Waals surface area contributed by atoms with Crippen molar-refractivity contribution in [2.45, 2.75) is 6.92 Å². The molecular weight excluding hydrogens is 533 g/mol. The second kappa shape index (κ2) is 7.38. The Morgan fingerprint density at radius 1 is 1.03 bits per heavy atom. The van der Waals surface area contributed by atoms with Crippen molar-refractivity contribution in [3.63, 3.8) is 0 Å². The zero-order chi connectivity index (χ0) is 21.8. The monoisotopic (exact) mass is 549 g/mol. The number of aryl methyl sites for hydroxylation is 1. The van der Waals surface area contributed by atoms with Crippen molar-refractivity contribution in [2.24, 2.45) is 0 Å². The number of aromatic nitrogens is 6. The molecule has 6 rings (SSSR count). The van der Waals surface area contributed by atoms with Gasteiger partial charge in [-0.2, -0.15) is 5.10 Å². The number of benzene rings is 1. The van der Waals surface area contributed by atoms with Gasteiger partial charge in [-0.25, -0.2) is 4.98 Å². The first-order chi connectivity index (χ1) is 15.6. The first kappa shape index (κ1) is 19.4. The normalized spacial score (nSPS) is 11.6. The minimum Gasteiger partial charge on any atom is -0.397 e. The summed E-state index contributed by atoms with van der Waals surface area (Å²) >= 11 is 4.04. The fourth-order valence-corrected chi connectivity index (χ4v) is 5.48. The van der Waals surface area contributed by atoms with Crippen LogP contribution in [0, 0.1) is 10.5 Å². The molecule has 0 spiro atoms. The number of anilines is 1. The van der Waals surface area contributed by atoms with E-state index < -0.39 is 0 Å². The predicted molar refractivity (Wildman–Crippen MR) is 137 cm³/mol. The van der Waals surface area contributed by atoms with Gasteiger partial charge >= 0.3 is 0 Å². The molecule has 0 fully saturated rings. The summed E-state index contributed by atoms with van der Waals surface area (Å²) in [6, 6.07) is 12.3. The molecule has 0 saturated heterocycles. The van der Waals surface area contributed by atoms with Crippen LogP contribution in [0.3, 0.4) is 0 Å². The van der Waals surface area contributed by atoms with Crippen LogP contribution < -0.4 is 5.73 Å². The standard InChI is InChI=1S/C23H16IN7S/c1-11-2-3-19(32-11)22-21-17(4-5-27-22)28-23(29-21)20-15-7-14(12-6-13(25)10-26-9-12)16(24)8-18(15)30-31-20/h2-10H,25H2,1H3,(H,28,29)(H,30,31). The number of imidazole rings is 1. The van der Waals surface area contributed by atoms with Crippen molar-refractivity contribution in [2.75, 3.05) is 5.73 Å². The fraction of sp³-hybridized carbons (Fsp3) is 0.0435. The lowest BCUT2D eigenvalue weighted by Gasteiger charge is -2.06. The highest BCUT2D eigenvalue weighted by Gasteiger charge is 2.18. The minimum absolute atomic E-state index is 0.631. The smallest absolute Gasteiger partial charge is 0.159 e. The Morgan fingerprint density at radius 2 is 1.94 bits per heavy atom. The molecule has 0 aliphatic heterocycles. The molecule has 0 aliphatic rings. The van der Waals surface area contributed by atoms with Gasteiger partial charge in [-0.3, -0.25) is 15.1 Å². The largest absolute Gasteiger partial charge is 0.397 e. The zero-order valence-corrected chi connectivity index (χ0v) is 19.8. The Bertz CT molecular complexity index is 1630. The average Bonchev–Trinajstić information content (AvgIpc) is 3.50. The lowest BCUT2D eigenvalue weighted by molar-refractivity contribution is 1.10. The maximum absolute atomic E-state index is 5.96. The number of nitrogens with one attached hydrogen (secondary N) is 2. The number of nitrogens with zero attached hydrogens (tertiary/aromatic N) is 4. The van der Waals surface area contributed by atoms with Crippen molar-refractivity contribution < 1.29 is 0 Å². The summed E-state index contributed by atoms with van der Waals surface area (Å²) in [4.78, 5) is 19.5. The zero-order valence-electron chi connectivity index (χ0n) is 16.8. The lowest BCUT2D eigenvalue weighted by Crippen LogP contribution is -1.90. The molecule has 0 aliphatic carbocycles. The number of halogens is 1. The predicted octanol–water partition coefficient (Wildman–Crippen LogP) is 5.79. The van der Waals surface area contributed by atoms with E-state index >= 15 is 0 Å². The third-order valence-corrected chi connectivity index (χ3v) is 7.22. The van der Waals surface area contributed by atoms with Crippen LogP contribution in [-0.2, 0) is 0 Å². The number of H-pyrrole nitrogens is 2. The Balaban J connectivity index is 1.53. The number of rotatable bonds is 3. The van der Waals surface area contributed by atoms with Crippen molar-refractivity contribution in [3.8, 4) is 33.2 Å². The molecule has 5 aromatic heterocycles. The van der Waals surface area contributed by atoms with E-state index in [9.17, 15) is 0 Å². The molecule has 0 amide bonds. The van der Waals surface area contributed by atoms with E-state index in [0.717, 1.165) is 52.9 Å². The Morgan fingerprint density at radius 3 is 2.75 bits per heavy atom. The van der Waals surface area contributed by atoms with Gasteiger partial charge in [0, 0.05) is 38.0 Å². The average molecular weight is 549 g/mol. The highest BCUT2D eigenvalue weighted by atomic mass is 127. The van der Waals surface area contributed by atoms with Crippen LogP contribution in [0.5, 0.6) is 0 Å². The third-order valence-electron chi connectivity index (χ3n) is 5.32. The number of nitrogens with two attached hydrogens (primary N) is 1. The number of hydrogen-bond donors (Lipinski definition) is 3. The Labute approximate surface area is 200 Å². The summed E-state index contributed by atoms with van der Waals surface area (Å²) in [5.41, 5.74) is 13.0. The van der Waals surface area contributed by atoms with Gasteiger partial charge in [0.25, 0.3) is 0 Å². The minimum atomic E-state index is 0.631. The molecule has 6 aromatic rings. The van der Waals surface area contributed by atoms with Gasteiger partial charge in [-0.15, -0.1) is 11.3 Å². The van der Waals surface area contributed by atoms with Crippen molar-refractivity contribution in [1.29, 1.82) is 0 Å². The quantitative estimate of drug-likeness (QED) is 0.242. The van der Waals surface area contributed by atoms with Crippen molar-refractivity contribution in [3.05, 3.63) is 63.4 Å². The summed E-state index contributed by atoms with van der Waals surface area (Å²) in [7, 11) is 0. The maximum Gasteiger partial charge on any atom is 0.159 e. The van der Waals surface area contributed by atoms with E-state index in [1.54, 1.807) is 17.5 Å². The van der Waals surface area contributed by atoms with Crippen LogP contribution in [-0.4, -0.2) is 30.1 Å². The number of nitrogen functional groups attached to an aromatic ring is 1. The van der Waals surface area contributed by atoms with Gasteiger partial charge in [0.2, 0.25) is 0 Å². The summed E-state index contributed by atoms with van der Waals surface area (Å²) < 4.78 is 1.09. The number of hydrogen-bond acceptors (Lipinski definition) is 6. The van der Waals surface area contributed by atoms with Crippen LogP contribution in [0.1, 0.15) is 4.88 Å². The molecule has 156 valence electrons. The van der Waals surface area contributed by atoms with Gasteiger partial charge < -0.3 is 10.7 Å². The van der Waals surface area contributed by atoms with E-state index in [1.807, 2.05) is 24.5 Å². The van der Waals surface area contributed by atoms with E-state index in [2.05, 4.69) is 78.9 Å². The van der Waals surface area contributed by atoms with Crippen LogP contribution in [0.2, 0.25) is 0 Å². The van der Waals surface area contributed by atoms with Crippen molar-refractivity contribution in [1.82, 2.24) is 30.1 Å². The summed E-state index contributed by atoms with van der Waals surface area (Å²) in [5, 5.41) is 8.70. The number of thiophene rings is 1. The molecule has 4 N–H and O–H groups in total. The maximum atomic E-state index is 5.96. The van der Waals surface area contributed by atoms with Crippen molar-refractivity contribution >= 4 is 61.6 Å². The topological polar surface area (TPSA) is 109 Å². The van der Waals surface area contributed by atoms with Crippen LogP contribution in [0.4, 0.5) is 5.69 Å². The first-order valence-electron chi connectivity index (χ1n) is 9.87. The first-order valence-corrected chi connectivity index (χ1v) is 11.8. The number of pyridine rings is 2. The number of fused-ring (bicyclic) bond motifs is 2. The van der Waals surface area contributed by atoms with E-state index in [0.29, 0.717) is 11.5 Å². The molecule has 0 atom stereocenters. The summed E-state index contributed by atoms with van der Waals surface area (Å²) in [6.07, 6.45) is 5.28. The molecule has 0 bridgehead atoms. The highest BCUT2D eigenvalue weighted by molar-refractivity contribution is 14.1. The highest BCUT2D eigenvalue weighted by Crippen LogP contribution is 2.36. The van der Waals surface area contributed by atoms with Gasteiger partial charge in [0.15, 0.2) is 5.82 Å². The molecule has 32 heavy (non-hydrogen) atoms. The van der Waals surface area contributed by atoms with Gasteiger partial charge in [-0.1, -0.05) is 0 Å². The molecule has 0 saturated carbocycles. The van der Waals surface area contributed by atoms with Crippen LogP contribution >= 0.6 is 33.9 Å². The number of aromatic amines is 2. The molecule has 0 unspecified atom stereocenters. The Kier molecular flexibility index (Phi) is 4.47. The van der Waals surface area contributed by atoms with Gasteiger partial charge in [0.1, 0.15) is 16.9 Å². The third kappa shape index (κ3) is 3.16. The Hall–Kier alpha value is -3.31. The molecule has 9 heteroatoms. The molecular formula is C23H16IN7S. The SMILES string of the molecule is Cc1ccc(-c2nccc3[nH]c(-c4n[nH]c5cc(I)c(-c6cncc(N)c6)cc45)nc23)s1. The molecule has 0 radical (unpaired) electrons. The van der Waals surface area contributed by atoms with Gasteiger partial charge in [-0.05, 0) is 71.5 Å². The molecule has 1 aromatic carbocycles. The lowest BCUT2D eigenvalue weighted by atomic mass is 10.0. The second-order valence-electron chi connectivity index (χ2n) is 7.51. The molecule has 5 heterocycles. The fourth-order valence-electron chi connectivity index (χ4n) is 3.83. The van der Waals surface area contributed by atoms with Gasteiger partial charge in [0.05, 0.1) is 21.6 Å². The van der Waals surface area contributed by atoms with E-state index in [-0.39, 0.29) is 0 Å². The van der Waals surface area contributed by atoms with E-state index in [4.69, 9.17) is 10.7 Å².